The zero-order valence-electron chi connectivity index (χ0n) is 10.8. The van der Waals surface area contributed by atoms with Crippen LogP contribution in [0.1, 0.15) is 35.4 Å². The van der Waals surface area contributed by atoms with Crippen LogP contribution in [0.3, 0.4) is 0 Å². The standard InChI is InChI=1S/C14H17ClN2O/c1-4-10-6-5-7-11(8-10)13(18)12-9(2)16-17(3)14(12)15/h5-8,13,18H,4H2,1-3H3. The molecule has 1 unspecified atom stereocenters. The third-order valence-electron chi connectivity index (χ3n) is 3.14. The third kappa shape index (κ3) is 2.28. The number of hydrogen-bond donors (Lipinski definition) is 1. The fourth-order valence-corrected chi connectivity index (χ4v) is 2.38. The molecule has 0 bridgehead atoms. The lowest BCUT2D eigenvalue weighted by Gasteiger charge is -2.12. The SMILES string of the molecule is CCc1cccc(C(O)c2c(C)nn(C)c2Cl)c1. The molecule has 1 aromatic carbocycles. The number of benzene rings is 1. The summed E-state index contributed by atoms with van der Waals surface area (Å²) in [5.74, 6) is 0. The average Bonchev–Trinajstić information content (AvgIpc) is 2.62. The molecule has 0 saturated carbocycles. The molecule has 0 fully saturated rings. The molecule has 1 N–H and O–H groups in total. The fraction of sp³-hybridized carbons (Fsp3) is 0.357. The summed E-state index contributed by atoms with van der Waals surface area (Å²) < 4.78 is 1.58. The quantitative estimate of drug-likeness (QED) is 0.925. The van der Waals surface area contributed by atoms with Gasteiger partial charge in [0.1, 0.15) is 11.3 Å². The van der Waals surface area contributed by atoms with Gasteiger partial charge in [0, 0.05) is 12.6 Å². The van der Waals surface area contributed by atoms with Crippen molar-refractivity contribution in [2.75, 3.05) is 0 Å². The molecule has 2 aromatic rings. The Labute approximate surface area is 112 Å². The van der Waals surface area contributed by atoms with Crippen molar-refractivity contribution in [2.45, 2.75) is 26.4 Å². The van der Waals surface area contributed by atoms with Crippen LogP contribution in [0.25, 0.3) is 0 Å². The molecule has 18 heavy (non-hydrogen) atoms. The van der Waals surface area contributed by atoms with Crippen molar-refractivity contribution in [2.24, 2.45) is 7.05 Å². The number of hydrogen-bond acceptors (Lipinski definition) is 2. The van der Waals surface area contributed by atoms with Crippen LogP contribution < -0.4 is 0 Å². The van der Waals surface area contributed by atoms with Gasteiger partial charge in [-0.3, -0.25) is 4.68 Å². The summed E-state index contributed by atoms with van der Waals surface area (Å²) in [6, 6.07) is 7.92. The van der Waals surface area contributed by atoms with E-state index in [-0.39, 0.29) is 0 Å². The van der Waals surface area contributed by atoms with Gasteiger partial charge in [-0.25, -0.2) is 0 Å². The van der Waals surface area contributed by atoms with E-state index in [2.05, 4.69) is 12.0 Å². The summed E-state index contributed by atoms with van der Waals surface area (Å²) in [5, 5.41) is 15.2. The lowest BCUT2D eigenvalue weighted by atomic mass is 9.99. The molecule has 1 aromatic heterocycles. The highest BCUT2D eigenvalue weighted by Crippen LogP contribution is 2.30. The van der Waals surface area contributed by atoms with Crippen molar-refractivity contribution in [3.8, 4) is 0 Å². The van der Waals surface area contributed by atoms with Crippen molar-refractivity contribution in [1.29, 1.82) is 0 Å². The van der Waals surface area contributed by atoms with Crippen molar-refractivity contribution >= 4 is 11.6 Å². The molecule has 0 aliphatic rings. The van der Waals surface area contributed by atoms with Crippen molar-refractivity contribution in [1.82, 2.24) is 9.78 Å². The monoisotopic (exact) mass is 264 g/mol. The first-order valence-electron chi connectivity index (χ1n) is 6.00. The number of aliphatic hydroxyl groups is 1. The van der Waals surface area contributed by atoms with Crippen LogP contribution >= 0.6 is 11.6 Å². The van der Waals surface area contributed by atoms with Gasteiger partial charge in [0.25, 0.3) is 0 Å². The maximum atomic E-state index is 10.4. The zero-order valence-corrected chi connectivity index (χ0v) is 11.6. The summed E-state index contributed by atoms with van der Waals surface area (Å²) in [5.41, 5.74) is 3.50. The lowest BCUT2D eigenvalue weighted by Crippen LogP contribution is -2.02. The smallest absolute Gasteiger partial charge is 0.133 e. The molecule has 4 heteroatoms. The van der Waals surface area contributed by atoms with Gasteiger partial charge in [-0.1, -0.05) is 42.8 Å². The van der Waals surface area contributed by atoms with Crippen molar-refractivity contribution in [3.05, 3.63) is 51.8 Å². The van der Waals surface area contributed by atoms with Crippen LogP contribution in [0.2, 0.25) is 5.15 Å². The largest absolute Gasteiger partial charge is 0.383 e. The zero-order chi connectivity index (χ0) is 13.3. The van der Waals surface area contributed by atoms with Gasteiger partial charge in [-0.15, -0.1) is 0 Å². The predicted molar refractivity (Wildman–Crippen MR) is 72.8 cm³/mol. The number of halogens is 1. The fourth-order valence-electron chi connectivity index (χ4n) is 2.11. The first kappa shape index (κ1) is 13.1. The van der Waals surface area contributed by atoms with E-state index in [4.69, 9.17) is 11.6 Å². The molecule has 0 aliphatic heterocycles. The minimum Gasteiger partial charge on any atom is -0.383 e. The molecule has 0 saturated heterocycles. The van der Waals surface area contributed by atoms with Crippen LogP contribution in [0.5, 0.6) is 0 Å². The Bertz CT molecular complexity index is 563. The van der Waals surface area contributed by atoms with Gasteiger partial charge >= 0.3 is 0 Å². The third-order valence-corrected chi connectivity index (χ3v) is 3.59. The number of aromatic nitrogens is 2. The second-order valence-electron chi connectivity index (χ2n) is 4.41. The molecule has 0 aliphatic carbocycles. The van der Waals surface area contributed by atoms with Crippen LogP contribution in [0.4, 0.5) is 0 Å². The Balaban J connectivity index is 2.44. The van der Waals surface area contributed by atoms with Crippen molar-refractivity contribution in [3.63, 3.8) is 0 Å². The van der Waals surface area contributed by atoms with Gasteiger partial charge in [0.2, 0.25) is 0 Å². The van der Waals surface area contributed by atoms with Crippen LogP contribution in [0, 0.1) is 6.92 Å². The predicted octanol–water partition coefficient (Wildman–Crippen LogP) is 3.03. The Morgan fingerprint density at radius 3 is 2.72 bits per heavy atom. The highest BCUT2D eigenvalue weighted by atomic mass is 35.5. The van der Waals surface area contributed by atoms with E-state index in [9.17, 15) is 5.11 Å². The van der Waals surface area contributed by atoms with Crippen molar-refractivity contribution < 1.29 is 5.11 Å². The van der Waals surface area contributed by atoms with E-state index in [1.807, 2.05) is 31.2 Å². The highest BCUT2D eigenvalue weighted by molar-refractivity contribution is 6.30. The molecule has 0 radical (unpaired) electrons. The molecule has 1 atom stereocenters. The van der Waals surface area contributed by atoms with Crippen LogP contribution in [0.15, 0.2) is 24.3 Å². The van der Waals surface area contributed by atoms with Gasteiger partial charge in [0.05, 0.1) is 5.69 Å². The van der Waals surface area contributed by atoms with Crippen LogP contribution in [-0.2, 0) is 13.5 Å². The van der Waals surface area contributed by atoms with E-state index in [0.717, 1.165) is 17.7 Å². The van der Waals surface area contributed by atoms with E-state index in [1.165, 1.54) is 5.56 Å². The van der Waals surface area contributed by atoms with E-state index in [1.54, 1.807) is 11.7 Å². The first-order chi connectivity index (χ1) is 8.54. The van der Waals surface area contributed by atoms with E-state index >= 15 is 0 Å². The summed E-state index contributed by atoms with van der Waals surface area (Å²) >= 11 is 6.17. The second-order valence-corrected chi connectivity index (χ2v) is 4.77. The minimum absolute atomic E-state index is 0.488. The normalized spacial score (nSPS) is 12.7. The highest BCUT2D eigenvalue weighted by Gasteiger charge is 2.20. The van der Waals surface area contributed by atoms with E-state index in [0.29, 0.717) is 10.7 Å². The number of rotatable bonds is 3. The summed E-state index contributed by atoms with van der Waals surface area (Å²) in [6.07, 6.45) is 0.220. The number of nitrogens with zero attached hydrogens (tertiary/aromatic N) is 2. The molecule has 0 amide bonds. The Hall–Kier alpha value is -1.32. The molecule has 0 spiro atoms. The maximum Gasteiger partial charge on any atom is 0.133 e. The summed E-state index contributed by atoms with van der Waals surface area (Å²) in [6.45, 7) is 3.95. The first-order valence-corrected chi connectivity index (χ1v) is 6.38. The van der Waals surface area contributed by atoms with Crippen LogP contribution in [-0.4, -0.2) is 14.9 Å². The summed E-state index contributed by atoms with van der Waals surface area (Å²) in [4.78, 5) is 0. The number of aliphatic hydroxyl groups excluding tert-OH is 1. The average molecular weight is 265 g/mol. The molecule has 96 valence electrons. The van der Waals surface area contributed by atoms with Gasteiger partial charge < -0.3 is 5.11 Å². The topological polar surface area (TPSA) is 38.1 Å². The lowest BCUT2D eigenvalue weighted by molar-refractivity contribution is 0.219. The molecule has 1 heterocycles. The Morgan fingerprint density at radius 1 is 1.44 bits per heavy atom. The summed E-state index contributed by atoms with van der Waals surface area (Å²) in [7, 11) is 1.77. The Kier molecular flexibility index (Phi) is 3.73. The van der Waals surface area contributed by atoms with Gasteiger partial charge in [-0.05, 0) is 24.5 Å². The Morgan fingerprint density at radius 2 is 2.17 bits per heavy atom. The minimum atomic E-state index is -0.724. The second kappa shape index (κ2) is 5.12. The molecule has 3 nitrogen and oxygen atoms in total. The molecular weight excluding hydrogens is 248 g/mol. The number of aryl methyl sites for hydroxylation is 3. The van der Waals surface area contributed by atoms with Gasteiger partial charge in [-0.2, -0.15) is 5.10 Å². The maximum absolute atomic E-state index is 10.4. The van der Waals surface area contributed by atoms with Gasteiger partial charge in [0.15, 0.2) is 0 Å². The van der Waals surface area contributed by atoms with E-state index < -0.39 is 6.10 Å². The molecule has 2 rings (SSSR count). The molecular formula is C14H17ClN2O.